The van der Waals surface area contributed by atoms with Gasteiger partial charge in [-0.25, -0.2) is 0 Å². The van der Waals surface area contributed by atoms with E-state index in [1.165, 1.54) is 18.6 Å². The first-order valence-electron chi connectivity index (χ1n) is 4.89. The molecule has 96 valence electrons. The maximum Gasteiger partial charge on any atom is 0.279 e. The number of nitrogens with one attached hydrogen (secondary N) is 2. The van der Waals surface area contributed by atoms with E-state index in [-0.39, 0.29) is 11.6 Å². The Morgan fingerprint density at radius 3 is 2.89 bits per heavy atom. The quantitative estimate of drug-likeness (QED) is 0.767. The molecular formula is C9H10BrN5O2S. The standard InChI is InChI=1S/C9H10BrN5O2S/c10-7-5-12-2-1-8(7)15-18(16,17)9-6(3-11)4-13-14-9/h1-2,4-5H,3,11H2,(H,12,15)(H,13,14). The van der Waals surface area contributed by atoms with Gasteiger partial charge in [0.15, 0.2) is 5.03 Å². The summed E-state index contributed by atoms with van der Waals surface area (Å²) < 4.78 is 27.2. The largest absolute Gasteiger partial charge is 0.326 e. The lowest BCUT2D eigenvalue weighted by Gasteiger charge is -2.08. The Bertz CT molecular complexity index is 654. The van der Waals surface area contributed by atoms with Gasteiger partial charge in [-0.15, -0.1) is 0 Å². The van der Waals surface area contributed by atoms with Crippen LogP contribution in [0.1, 0.15) is 5.56 Å². The lowest BCUT2D eigenvalue weighted by Crippen LogP contribution is -2.16. The summed E-state index contributed by atoms with van der Waals surface area (Å²) in [7, 11) is -3.74. The second kappa shape index (κ2) is 5.04. The number of aromatic nitrogens is 3. The zero-order valence-electron chi connectivity index (χ0n) is 9.09. The van der Waals surface area contributed by atoms with Crippen molar-refractivity contribution in [3.05, 3.63) is 34.7 Å². The minimum atomic E-state index is -3.74. The number of halogens is 1. The van der Waals surface area contributed by atoms with E-state index >= 15 is 0 Å². The SMILES string of the molecule is NCc1cn[nH]c1S(=O)(=O)Nc1ccncc1Br. The Balaban J connectivity index is 2.37. The van der Waals surface area contributed by atoms with Gasteiger partial charge in [0.2, 0.25) is 0 Å². The molecule has 0 fully saturated rings. The molecule has 0 saturated heterocycles. The highest BCUT2D eigenvalue weighted by Gasteiger charge is 2.21. The number of anilines is 1. The van der Waals surface area contributed by atoms with Gasteiger partial charge in [0.1, 0.15) is 0 Å². The van der Waals surface area contributed by atoms with E-state index in [2.05, 4.69) is 35.8 Å². The van der Waals surface area contributed by atoms with Crippen molar-refractivity contribution in [2.45, 2.75) is 11.6 Å². The maximum atomic E-state index is 12.1. The van der Waals surface area contributed by atoms with Gasteiger partial charge in [-0.3, -0.25) is 14.8 Å². The third-order valence-electron chi connectivity index (χ3n) is 2.18. The molecule has 0 amide bonds. The van der Waals surface area contributed by atoms with E-state index in [9.17, 15) is 8.42 Å². The van der Waals surface area contributed by atoms with E-state index in [0.717, 1.165) is 0 Å². The van der Waals surface area contributed by atoms with Crippen LogP contribution < -0.4 is 10.5 Å². The first kappa shape index (κ1) is 13.0. The highest BCUT2D eigenvalue weighted by Crippen LogP contribution is 2.23. The molecule has 0 aliphatic rings. The van der Waals surface area contributed by atoms with Crippen molar-refractivity contribution in [2.75, 3.05) is 4.72 Å². The van der Waals surface area contributed by atoms with Crippen LogP contribution in [-0.4, -0.2) is 23.6 Å². The molecule has 0 spiro atoms. The maximum absolute atomic E-state index is 12.1. The summed E-state index contributed by atoms with van der Waals surface area (Å²) in [5.74, 6) is 0. The van der Waals surface area contributed by atoms with Crippen molar-refractivity contribution >= 4 is 31.6 Å². The van der Waals surface area contributed by atoms with Gasteiger partial charge < -0.3 is 5.73 Å². The number of hydrogen-bond acceptors (Lipinski definition) is 5. The Morgan fingerprint density at radius 2 is 2.22 bits per heavy atom. The summed E-state index contributed by atoms with van der Waals surface area (Å²) in [6, 6.07) is 1.54. The summed E-state index contributed by atoms with van der Waals surface area (Å²) in [5.41, 5.74) is 6.26. The molecule has 18 heavy (non-hydrogen) atoms. The molecule has 2 aromatic heterocycles. The lowest BCUT2D eigenvalue weighted by molar-refractivity contribution is 0.596. The number of nitrogens with zero attached hydrogens (tertiary/aromatic N) is 2. The van der Waals surface area contributed by atoms with Crippen LogP contribution in [0.5, 0.6) is 0 Å². The molecule has 7 nitrogen and oxygen atoms in total. The number of pyridine rings is 1. The van der Waals surface area contributed by atoms with E-state index in [0.29, 0.717) is 15.7 Å². The Hall–Kier alpha value is -1.45. The van der Waals surface area contributed by atoms with E-state index < -0.39 is 10.0 Å². The number of sulfonamides is 1. The molecular weight excluding hydrogens is 322 g/mol. The Morgan fingerprint density at radius 1 is 1.44 bits per heavy atom. The zero-order valence-corrected chi connectivity index (χ0v) is 11.5. The van der Waals surface area contributed by atoms with Gasteiger partial charge in [0.25, 0.3) is 10.0 Å². The second-order valence-corrected chi connectivity index (χ2v) is 5.86. The molecule has 0 bridgehead atoms. The van der Waals surface area contributed by atoms with Crippen molar-refractivity contribution in [2.24, 2.45) is 5.73 Å². The van der Waals surface area contributed by atoms with Crippen LogP contribution in [0.3, 0.4) is 0 Å². The van der Waals surface area contributed by atoms with Crippen LogP contribution in [0.15, 0.2) is 34.2 Å². The van der Waals surface area contributed by atoms with Crippen molar-refractivity contribution in [1.82, 2.24) is 15.2 Å². The lowest BCUT2D eigenvalue weighted by atomic mass is 10.4. The Kier molecular flexibility index (Phi) is 3.64. The fraction of sp³-hybridized carbons (Fsp3) is 0.111. The highest BCUT2D eigenvalue weighted by atomic mass is 79.9. The van der Waals surface area contributed by atoms with Gasteiger partial charge in [0.05, 0.1) is 16.4 Å². The molecule has 2 rings (SSSR count). The van der Waals surface area contributed by atoms with Gasteiger partial charge in [-0.05, 0) is 22.0 Å². The van der Waals surface area contributed by atoms with Crippen LogP contribution in [0.25, 0.3) is 0 Å². The molecule has 0 radical (unpaired) electrons. The fourth-order valence-corrected chi connectivity index (χ4v) is 3.04. The van der Waals surface area contributed by atoms with Crippen molar-refractivity contribution < 1.29 is 8.42 Å². The van der Waals surface area contributed by atoms with E-state index in [1.54, 1.807) is 6.07 Å². The predicted molar refractivity (Wildman–Crippen MR) is 69.2 cm³/mol. The molecule has 2 aromatic rings. The summed E-state index contributed by atoms with van der Waals surface area (Å²) in [4.78, 5) is 3.85. The number of H-pyrrole nitrogens is 1. The number of rotatable bonds is 4. The number of nitrogens with two attached hydrogens (primary N) is 1. The topological polar surface area (TPSA) is 114 Å². The zero-order chi connectivity index (χ0) is 13.2. The van der Waals surface area contributed by atoms with Crippen molar-refractivity contribution in [3.63, 3.8) is 0 Å². The monoisotopic (exact) mass is 331 g/mol. The highest BCUT2D eigenvalue weighted by molar-refractivity contribution is 9.10. The molecule has 0 aromatic carbocycles. The molecule has 2 heterocycles. The minimum absolute atomic E-state index is 0.0336. The molecule has 9 heteroatoms. The smallest absolute Gasteiger partial charge is 0.279 e. The van der Waals surface area contributed by atoms with Gasteiger partial charge in [-0.1, -0.05) is 0 Å². The average molecular weight is 332 g/mol. The first-order valence-corrected chi connectivity index (χ1v) is 7.17. The molecule has 4 N–H and O–H groups in total. The third-order valence-corrected chi connectivity index (χ3v) is 4.20. The van der Waals surface area contributed by atoms with Gasteiger partial charge in [0, 0.05) is 24.5 Å². The molecule has 0 aliphatic carbocycles. The summed E-state index contributed by atoms with van der Waals surface area (Å²) >= 11 is 3.21. The number of aromatic amines is 1. The summed E-state index contributed by atoms with van der Waals surface area (Å²) in [6.45, 7) is 0.0876. The van der Waals surface area contributed by atoms with Crippen LogP contribution >= 0.6 is 15.9 Å². The minimum Gasteiger partial charge on any atom is -0.326 e. The van der Waals surface area contributed by atoms with E-state index in [1.807, 2.05) is 0 Å². The predicted octanol–water partition coefficient (Wildman–Crippen LogP) is 0.827. The first-order chi connectivity index (χ1) is 8.54. The Labute approximate surface area is 112 Å². The summed E-state index contributed by atoms with van der Waals surface area (Å²) in [6.07, 6.45) is 4.37. The van der Waals surface area contributed by atoms with Crippen LogP contribution in [0.4, 0.5) is 5.69 Å². The second-order valence-electron chi connectivity index (χ2n) is 3.39. The van der Waals surface area contributed by atoms with Crippen LogP contribution in [0.2, 0.25) is 0 Å². The normalized spacial score (nSPS) is 11.4. The molecule has 0 saturated carbocycles. The van der Waals surface area contributed by atoms with Crippen molar-refractivity contribution in [3.8, 4) is 0 Å². The van der Waals surface area contributed by atoms with Crippen molar-refractivity contribution in [1.29, 1.82) is 0 Å². The van der Waals surface area contributed by atoms with Crippen LogP contribution in [0, 0.1) is 0 Å². The third kappa shape index (κ3) is 2.52. The molecule has 0 atom stereocenters. The summed E-state index contributed by atoms with van der Waals surface area (Å²) in [5, 5.41) is 6.07. The fourth-order valence-electron chi connectivity index (χ4n) is 1.33. The van der Waals surface area contributed by atoms with Gasteiger partial charge in [-0.2, -0.15) is 13.5 Å². The van der Waals surface area contributed by atoms with Crippen LogP contribution in [-0.2, 0) is 16.6 Å². The van der Waals surface area contributed by atoms with E-state index in [4.69, 9.17) is 5.73 Å². The van der Waals surface area contributed by atoms with Gasteiger partial charge >= 0.3 is 0 Å². The number of hydrogen-bond donors (Lipinski definition) is 3. The molecule has 0 aliphatic heterocycles. The molecule has 0 unspecified atom stereocenters. The average Bonchev–Trinajstić information content (AvgIpc) is 2.81.